The first-order chi connectivity index (χ1) is 7.11. The van der Waals surface area contributed by atoms with Gasteiger partial charge in [0.1, 0.15) is 6.07 Å². The van der Waals surface area contributed by atoms with Gasteiger partial charge in [-0.15, -0.1) is 0 Å². The van der Waals surface area contributed by atoms with E-state index >= 15 is 0 Å². The Morgan fingerprint density at radius 3 is 2.60 bits per heavy atom. The second-order valence-corrected chi connectivity index (χ2v) is 3.44. The molecule has 0 saturated carbocycles. The molecule has 15 heavy (non-hydrogen) atoms. The minimum atomic E-state index is -2.77. The molecule has 0 aromatic carbocycles. The van der Waals surface area contributed by atoms with Gasteiger partial charge in [-0.25, -0.2) is 8.78 Å². The maximum Gasteiger partial charge on any atom is 0.266 e. The second-order valence-electron chi connectivity index (χ2n) is 2.59. The van der Waals surface area contributed by atoms with Crippen LogP contribution in [0, 0.1) is 22.7 Å². The summed E-state index contributed by atoms with van der Waals surface area (Å²) >= 11 is 2.90. The molecule has 0 atom stereocenters. The molecule has 6 heteroatoms. The highest BCUT2D eigenvalue weighted by Gasteiger charge is 2.20. The second kappa shape index (κ2) is 4.81. The van der Waals surface area contributed by atoms with Crippen LogP contribution in [-0.4, -0.2) is 4.98 Å². The van der Waals surface area contributed by atoms with Crippen molar-refractivity contribution in [1.29, 1.82) is 10.5 Å². The smallest absolute Gasteiger partial charge is 0.258 e. The van der Waals surface area contributed by atoms with E-state index in [4.69, 9.17) is 10.5 Å². The standard InChI is InChI=1S/C9H4BrF2N3/c10-6-4-15-7(1-2-13)5(3-14)8(6)9(11)12/h4,9H,1H2. The van der Waals surface area contributed by atoms with E-state index in [1.165, 1.54) is 6.20 Å². The minimum absolute atomic E-state index is 0.0794. The first-order valence-electron chi connectivity index (χ1n) is 3.84. The molecule has 0 radical (unpaired) electrons. The molecule has 0 bridgehead atoms. The van der Waals surface area contributed by atoms with E-state index in [0.29, 0.717) is 0 Å². The van der Waals surface area contributed by atoms with Crippen molar-refractivity contribution in [3.8, 4) is 12.1 Å². The molecule has 3 nitrogen and oxygen atoms in total. The third kappa shape index (κ3) is 2.28. The molecule has 1 heterocycles. The minimum Gasteiger partial charge on any atom is -0.258 e. The molecule has 1 rings (SSSR count). The van der Waals surface area contributed by atoms with Gasteiger partial charge in [-0.3, -0.25) is 4.98 Å². The summed E-state index contributed by atoms with van der Waals surface area (Å²) in [4.78, 5) is 3.76. The lowest BCUT2D eigenvalue weighted by Crippen LogP contribution is -2.01. The lowest BCUT2D eigenvalue weighted by atomic mass is 10.1. The lowest BCUT2D eigenvalue weighted by molar-refractivity contribution is 0.150. The van der Waals surface area contributed by atoms with Crippen molar-refractivity contribution in [2.45, 2.75) is 12.8 Å². The van der Waals surface area contributed by atoms with E-state index in [2.05, 4.69) is 20.9 Å². The summed E-state index contributed by atoms with van der Waals surface area (Å²) in [5.41, 5.74) is -0.544. The van der Waals surface area contributed by atoms with Crippen LogP contribution in [0.25, 0.3) is 0 Å². The number of hydrogen-bond donors (Lipinski definition) is 0. The van der Waals surface area contributed by atoms with Crippen molar-refractivity contribution in [3.05, 3.63) is 27.5 Å². The van der Waals surface area contributed by atoms with Crippen LogP contribution in [0.4, 0.5) is 8.78 Å². The summed E-state index contributed by atoms with van der Waals surface area (Å²) < 4.78 is 25.3. The molecular weight excluding hydrogens is 268 g/mol. The molecular formula is C9H4BrF2N3. The fourth-order valence-corrected chi connectivity index (χ4v) is 1.56. The largest absolute Gasteiger partial charge is 0.266 e. The number of aromatic nitrogens is 1. The van der Waals surface area contributed by atoms with Gasteiger partial charge < -0.3 is 0 Å². The number of pyridine rings is 1. The monoisotopic (exact) mass is 271 g/mol. The van der Waals surface area contributed by atoms with E-state index in [9.17, 15) is 8.78 Å². The fraction of sp³-hybridized carbons (Fsp3) is 0.222. The summed E-state index contributed by atoms with van der Waals surface area (Å²) in [6, 6.07) is 3.42. The van der Waals surface area contributed by atoms with E-state index in [1.54, 1.807) is 12.1 Å². The molecule has 1 aromatic rings. The maximum atomic E-state index is 12.6. The van der Waals surface area contributed by atoms with E-state index in [-0.39, 0.29) is 22.2 Å². The van der Waals surface area contributed by atoms with Crippen LogP contribution >= 0.6 is 15.9 Å². The van der Waals surface area contributed by atoms with E-state index < -0.39 is 12.0 Å². The Hall–Kier alpha value is -1.53. The van der Waals surface area contributed by atoms with Crippen LogP contribution in [0.3, 0.4) is 0 Å². The van der Waals surface area contributed by atoms with Crippen molar-refractivity contribution >= 4 is 15.9 Å². The van der Waals surface area contributed by atoms with Crippen LogP contribution in [0.15, 0.2) is 10.7 Å². The normalized spacial score (nSPS) is 9.73. The lowest BCUT2D eigenvalue weighted by Gasteiger charge is -2.07. The number of nitriles is 2. The molecule has 1 aromatic heterocycles. The summed E-state index contributed by atoms with van der Waals surface area (Å²) in [5.74, 6) is 0. The van der Waals surface area contributed by atoms with Crippen molar-refractivity contribution in [1.82, 2.24) is 4.98 Å². The summed E-state index contributed by atoms with van der Waals surface area (Å²) in [5, 5.41) is 17.2. The van der Waals surface area contributed by atoms with Gasteiger partial charge in [-0.1, -0.05) is 0 Å². The van der Waals surface area contributed by atoms with Gasteiger partial charge in [-0.05, 0) is 15.9 Å². The summed E-state index contributed by atoms with van der Waals surface area (Å²) in [6.45, 7) is 0. The van der Waals surface area contributed by atoms with Crippen LogP contribution in [-0.2, 0) is 6.42 Å². The number of rotatable bonds is 2. The van der Waals surface area contributed by atoms with Gasteiger partial charge in [0.2, 0.25) is 0 Å². The third-order valence-electron chi connectivity index (χ3n) is 1.73. The van der Waals surface area contributed by atoms with Gasteiger partial charge in [0, 0.05) is 10.7 Å². The number of nitrogens with zero attached hydrogens (tertiary/aromatic N) is 3. The Balaban J connectivity index is 3.43. The van der Waals surface area contributed by atoms with Crippen LogP contribution in [0.1, 0.15) is 23.2 Å². The van der Waals surface area contributed by atoms with Crippen LogP contribution in [0.2, 0.25) is 0 Å². The highest BCUT2D eigenvalue weighted by Crippen LogP contribution is 2.31. The topological polar surface area (TPSA) is 60.5 Å². The van der Waals surface area contributed by atoms with Gasteiger partial charge in [0.15, 0.2) is 0 Å². The van der Waals surface area contributed by atoms with E-state index in [0.717, 1.165) is 0 Å². The highest BCUT2D eigenvalue weighted by molar-refractivity contribution is 9.10. The van der Waals surface area contributed by atoms with Crippen molar-refractivity contribution in [3.63, 3.8) is 0 Å². The Morgan fingerprint density at radius 1 is 1.47 bits per heavy atom. The molecule has 0 saturated heterocycles. The first kappa shape index (κ1) is 11.5. The Morgan fingerprint density at radius 2 is 2.13 bits per heavy atom. The Bertz CT molecular complexity index is 460. The number of alkyl halides is 2. The maximum absolute atomic E-state index is 12.6. The van der Waals surface area contributed by atoms with Gasteiger partial charge >= 0.3 is 0 Å². The van der Waals surface area contributed by atoms with Crippen molar-refractivity contribution in [2.24, 2.45) is 0 Å². The van der Waals surface area contributed by atoms with Gasteiger partial charge in [-0.2, -0.15) is 10.5 Å². The molecule has 0 unspecified atom stereocenters. The predicted molar refractivity (Wildman–Crippen MR) is 50.9 cm³/mol. The summed E-state index contributed by atoms with van der Waals surface area (Å²) in [6.07, 6.45) is -1.75. The first-order valence-corrected chi connectivity index (χ1v) is 4.63. The van der Waals surface area contributed by atoms with Gasteiger partial charge in [0.05, 0.1) is 29.3 Å². The number of hydrogen-bond acceptors (Lipinski definition) is 3. The molecule has 0 N–H and O–H groups in total. The van der Waals surface area contributed by atoms with Crippen LogP contribution in [0.5, 0.6) is 0 Å². The molecule has 0 amide bonds. The Labute approximate surface area is 93.1 Å². The molecule has 76 valence electrons. The average molecular weight is 272 g/mol. The molecule has 0 fully saturated rings. The van der Waals surface area contributed by atoms with Crippen molar-refractivity contribution in [2.75, 3.05) is 0 Å². The fourth-order valence-electron chi connectivity index (χ4n) is 1.09. The SMILES string of the molecule is N#CCc1ncc(Br)c(C(F)F)c1C#N. The summed E-state index contributed by atoms with van der Waals surface area (Å²) in [7, 11) is 0. The number of halogens is 3. The zero-order valence-electron chi connectivity index (χ0n) is 7.34. The van der Waals surface area contributed by atoms with Gasteiger partial charge in [0.25, 0.3) is 6.43 Å². The molecule has 0 aliphatic carbocycles. The van der Waals surface area contributed by atoms with Crippen LogP contribution < -0.4 is 0 Å². The predicted octanol–water partition coefficient (Wildman–Crippen LogP) is 2.72. The molecule has 0 spiro atoms. The third-order valence-corrected chi connectivity index (χ3v) is 2.36. The van der Waals surface area contributed by atoms with E-state index in [1.807, 2.05) is 0 Å². The zero-order valence-corrected chi connectivity index (χ0v) is 8.92. The quantitative estimate of drug-likeness (QED) is 0.831. The molecule has 0 aliphatic rings. The zero-order chi connectivity index (χ0) is 11.4. The Kier molecular flexibility index (Phi) is 3.70. The average Bonchev–Trinajstić information content (AvgIpc) is 2.19. The van der Waals surface area contributed by atoms with Crippen molar-refractivity contribution < 1.29 is 8.78 Å². The molecule has 0 aliphatic heterocycles. The highest BCUT2D eigenvalue weighted by atomic mass is 79.9.